The van der Waals surface area contributed by atoms with Crippen LogP contribution in [0, 0.1) is 0 Å². The molecular weight excluding hydrogens is 262 g/mol. The Morgan fingerprint density at radius 3 is 3.05 bits per heavy atom. The third-order valence-corrected chi connectivity index (χ3v) is 4.23. The van der Waals surface area contributed by atoms with Crippen LogP contribution < -0.4 is 4.74 Å². The zero-order valence-electron chi connectivity index (χ0n) is 11.3. The number of likely N-dealkylation sites (tertiary alicyclic amines) is 1. The molecule has 1 aromatic rings. The molecule has 2 heterocycles. The minimum Gasteiger partial charge on any atom is -0.504 e. The first kappa shape index (κ1) is 14.5. The Morgan fingerprint density at radius 1 is 1.42 bits per heavy atom. The van der Waals surface area contributed by atoms with Crippen molar-refractivity contribution < 1.29 is 9.84 Å². The number of benzene rings is 1. The average Bonchev–Trinajstić information content (AvgIpc) is 2.40. The summed E-state index contributed by atoms with van der Waals surface area (Å²) >= 11 is 0. The lowest BCUT2D eigenvalue weighted by atomic mass is 9.81. The van der Waals surface area contributed by atoms with Crippen LogP contribution in [0.1, 0.15) is 37.7 Å². The monoisotopic (exact) mass is 283 g/mol. The van der Waals surface area contributed by atoms with E-state index < -0.39 is 0 Å². The van der Waals surface area contributed by atoms with E-state index in [1.54, 1.807) is 6.07 Å². The minimum atomic E-state index is 0. The fourth-order valence-corrected chi connectivity index (χ4v) is 3.44. The van der Waals surface area contributed by atoms with E-state index in [1.165, 1.54) is 31.4 Å². The van der Waals surface area contributed by atoms with Crippen LogP contribution in [0.25, 0.3) is 0 Å². The predicted octanol–water partition coefficient (Wildman–Crippen LogP) is 3.16. The number of rotatable bonds is 2. The molecule has 2 unspecified atom stereocenters. The van der Waals surface area contributed by atoms with Gasteiger partial charge in [0.15, 0.2) is 11.5 Å². The van der Waals surface area contributed by atoms with Crippen LogP contribution in [-0.4, -0.2) is 35.7 Å². The Balaban J connectivity index is 0.00000133. The Morgan fingerprint density at radius 2 is 2.26 bits per heavy atom. The van der Waals surface area contributed by atoms with Gasteiger partial charge in [0.1, 0.15) is 6.61 Å². The van der Waals surface area contributed by atoms with Gasteiger partial charge in [-0.1, -0.05) is 19.1 Å². The molecule has 1 saturated heterocycles. The van der Waals surface area contributed by atoms with Crippen molar-refractivity contribution in [3.8, 4) is 11.5 Å². The van der Waals surface area contributed by atoms with Crippen molar-refractivity contribution in [2.45, 2.75) is 38.1 Å². The van der Waals surface area contributed by atoms with Gasteiger partial charge in [0.2, 0.25) is 0 Å². The molecule has 0 aromatic heterocycles. The normalized spacial score (nSPS) is 25.7. The molecule has 1 fully saturated rings. The van der Waals surface area contributed by atoms with Crippen LogP contribution in [0.15, 0.2) is 18.2 Å². The molecule has 4 heteroatoms. The SMILES string of the molecule is CCCN1CCCC2c3cccc(O)c3OCC21.Cl. The molecule has 0 amide bonds. The fourth-order valence-electron chi connectivity index (χ4n) is 3.44. The van der Waals surface area contributed by atoms with E-state index in [2.05, 4.69) is 17.9 Å². The number of fused-ring (bicyclic) bond motifs is 3. The molecule has 2 aliphatic rings. The standard InChI is InChI=1S/C15H21NO2.ClH/c1-2-8-16-9-4-6-11-12-5-3-7-14(17)15(12)18-10-13(11)16;/h3,5,7,11,13,17H,2,4,6,8-10H2,1H3;1H. The van der Waals surface area contributed by atoms with Gasteiger partial charge in [0.25, 0.3) is 0 Å². The van der Waals surface area contributed by atoms with Crippen LogP contribution in [0.3, 0.4) is 0 Å². The number of phenols is 1. The second kappa shape index (κ2) is 6.02. The van der Waals surface area contributed by atoms with Gasteiger partial charge in [-0.3, -0.25) is 4.90 Å². The number of halogens is 1. The van der Waals surface area contributed by atoms with Gasteiger partial charge in [-0.05, 0) is 38.4 Å². The number of hydrogen-bond acceptors (Lipinski definition) is 3. The molecule has 3 rings (SSSR count). The molecule has 0 radical (unpaired) electrons. The summed E-state index contributed by atoms with van der Waals surface area (Å²) in [5, 5.41) is 9.88. The molecule has 3 nitrogen and oxygen atoms in total. The van der Waals surface area contributed by atoms with Gasteiger partial charge in [0, 0.05) is 11.5 Å². The van der Waals surface area contributed by atoms with Crippen molar-refractivity contribution in [1.82, 2.24) is 4.90 Å². The van der Waals surface area contributed by atoms with E-state index >= 15 is 0 Å². The summed E-state index contributed by atoms with van der Waals surface area (Å²) in [6.45, 7) is 5.29. The first-order chi connectivity index (χ1) is 8.81. The zero-order chi connectivity index (χ0) is 12.5. The summed E-state index contributed by atoms with van der Waals surface area (Å²) in [4.78, 5) is 2.56. The molecule has 1 aromatic carbocycles. The third-order valence-electron chi connectivity index (χ3n) is 4.23. The second-order valence-electron chi connectivity index (χ2n) is 5.36. The van der Waals surface area contributed by atoms with Gasteiger partial charge in [0.05, 0.1) is 6.04 Å². The molecule has 2 atom stereocenters. The number of aromatic hydroxyl groups is 1. The maximum absolute atomic E-state index is 9.88. The van der Waals surface area contributed by atoms with Gasteiger partial charge >= 0.3 is 0 Å². The van der Waals surface area contributed by atoms with E-state index in [-0.39, 0.29) is 12.4 Å². The maximum atomic E-state index is 9.88. The summed E-state index contributed by atoms with van der Waals surface area (Å²) in [7, 11) is 0. The number of nitrogens with zero attached hydrogens (tertiary/aromatic N) is 1. The van der Waals surface area contributed by atoms with Crippen LogP contribution >= 0.6 is 12.4 Å². The van der Waals surface area contributed by atoms with Gasteiger partial charge in [-0.2, -0.15) is 0 Å². The van der Waals surface area contributed by atoms with Crippen molar-refractivity contribution in [2.75, 3.05) is 19.7 Å². The number of phenolic OH excluding ortho intramolecular Hbond substituents is 1. The highest BCUT2D eigenvalue weighted by Crippen LogP contribution is 2.44. The van der Waals surface area contributed by atoms with Crippen molar-refractivity contribution in [1.29, 1.82) is 0 Å². The average molecular weight is 284 g/mol. The summed E-state index contributed by atoms with van der Waals surface area (Å²) in [6, 6.07) is 6.25. The van der Waals surface area contributed by atoms with Crippen molar-refractivity contribution >= 4 is 12.4 Å². The number of ether oxygens (including phenoxy) is 1. The van der Waals surface area contributed by atoms with Crippen molar-refractivity contribution in [3.05, 3.63) is 23.8 Å². The smallest absolute Gasteiger partial charge is 0.164 e. The predicted molar refractivity (Wildman–Crippen MR) is 78.5 cm³/mol. The minimum absolute atomic E-state index is 0. The third kappa shape index (κ3) is 2.54. The van der Waals surface area contributed by atoms with Crippen molar-refractivity contribution in [3.63, 3.8) is 0 Å². The maximum Gasteiger partial charge on any atom is 0.164 e. The van der Waals surface area contributed by atoms with Gasteiger partial charge in [-0.25, -0.2) is 0 Å². The second-order valence-corrected chi connectivity index (χ2v) is 5.36. The summed E-state index contributed by atoms with van der Waals surface area (Å²) in [6.07, 6.45) is 3.65. The quantitative estimate of drug-likeness (QED) is 0.905. The fraction of sp³-hybridized carbons (Fsp3) is 0.600. The van der Waals surface area contributed by atoms with Crippen LogP contribution in [0.4, 0.5) is 0 Å². The lowest BCUT2D eigenvalue weighted by molar-refractivity contribution is 0.0643. The Bertz CT molecular complexity index is 436. The largest absolute Gasteiger partial charge is 0.504 e. The molecule has 0 bridgehead atoms. The van der Waals surface area contributed by atoms with E-state index in [0.717, 1.165) is 18.9 Å². The lowest BCUT2D eigenvalue weighted by Gasteiger charge is -2.44. The number of para-hydroxylation sites is 1. The summed E-state index contributed by atoms with van der Waals surface area (Å²) in [5.74, 6) is 1.54. The Hall–Kier alpha value is -0.930. The van der Waals surface area contributed by atoms with Crippen molar-refractivity contribution in [2.24, 2.45) is 0 Å². The summed E-state index contributed by atoms with van der Waals surface area (Å²) in [5.41, 5.74) is 1.20. The summed E-state index contributed by atoms with van der Waals surface area (Å²) < 4.78 is 5.81. The van der Waals surface area contributed by atoms with Crippen LogP contribution in [0.2, 0.25) is 0 Å². The van der Waals surface area contributed by atoms with E-state index in [0.29, 0.717) is 17.7 Å². The first-order valence-corrected chi connectivity index (χ1v) is 7.00. The van der Waals surface area contributed by atoms with Crippen LogP contribution in [-0.2, 0) is 0 Å². The molecule has 1 N–H and O–H groups in total. The molecule has 0 aliphatic carbocycles. The Labute approximate surface area is 121 Å². The number of piperidine rings is 1. The lowest BCUT2D eigenvalue weighted by Crippen LogP contribution is -2.49. The molecule has 19 heavy (non-hydrogen) atoms. The highest BCUT2D eigenvalue weighted by molar-refractivity contribution is 5.85. The van der Waals surface area contributed by atoms with E-state index in [4.69, 9.17) is 4.74 Å². The molecule has 2 aliphatic heterocycles. The first-order valence-electron chi connectivity index (χ1n) is 7.00. The topological polar surface area (TPSA) is 32.7 Å². The highest BCUT2D eigenvalue weighted by Gasteiger charge is 2.37. The van der Waals surface area contributed by atoms with E-state index in [9.17, 15) is 5.11 Å². The highest BCUT2D eigenvalue weighted by atomic mass is 35.5. The number of hydrogen-bond donors (Lipinski definition) is 1. The molecule has 106 valence electrons. The van der Waals surface area contributed by atoms with E-state index in [1.807, 2.05) is 6.07 Å². The molecule has 0 spiro atoms. The van der Waals surface area contributed by atoms with Crippen LogP contribution in [0.5, 0.6) is 11.5 Å². The Kier molecular flexibility index (Phi) is 4.58. The van der Waals surface area contributed by atoms with Gasteiger partial charge < -0.3 is 9.84 Å². The molecule has 0 saturated carbocycles. The zero-order valence-corrected chi connectivity index (χ0v) is 12.2. The molecular formula is C15H22ClNO2. The van der Waals surface area contributed by atoms with Gasteiger partial charge in [-0.15, -0.1) is 12.4 Å².